The van der Waals surface area contributed by atoms with Gasteiger partial charge in [-0.05, 0) is 31.6 Å². The van der Waals surface area contributed by atoms with E-state index in [9.17, 15) is 0 Å². The third-order valence-electron chi connectivity index (χ3n) is 4.93. The standard InChI is InChI=1S/C16H26N4S.HI/c1-13-11-21-14(19-13)10-18-15(17-2)20-9-8-16(12-20)6-4-3-5-7-16;/h11H,3-10,12H2,1-2H3,(H,17,18);1H. The van der Waals surface area contributed by atoms with Crippen molar-refractivity contribution in [2.24, 2.45) is 10.4 Å². The first-order valence-electron chi connectivity index (χ1n) is 8.07. The van der Waals surface area contributed by atoms with Gasteiger partial charge in [-0.1, -0.05) is 19.3 Å². The molecule has 4 nitrogen and oxygen atoms in total. The number of nitrogens with one attached hydrogen (secondary N) is 1. The second-order valence-electron chi connectivity index (χ2n) is 6.52. The fraction of sp³-hybridized carbons (Fsp3) is 0.750. The van der Waals surface area contributed by atoms with Crippen LogP contribution in [0.2, 0.25) is 0 Å². The number of aryl methyl sites for hydroxylation is 1. The van der Waals surface area contributed by atoms with E-state index in [0.717, 1.165) is 29.8 Å². The topological polar surface area (TPSA) is 40.5 Å². The smallest absolute Gasteiger partial charge is 0.194 e. The fourth-order valence-corrected chi connectivity index (χ4v) is 4.51. The van der Waals surface area contributed by atoms with Crippen LogP contribution in [-0.4, -0.2) is 36.0 Å². The summed E-state index contributed by atoms with van der Waals surface area (Å²) >= 11 is 1.72. The summed E-state index contributed by atoms with van der Waals surface area (Å²) in [5.41, 5.74) is 1.68. The van der Waals surface area contributed by atoms with Gasteiger partial charge in [0, 0.05) is 31.2 Å². The summed E-state index contributed by atoms with van der Waals surface area (Å²) in [6.45, 7) is 5.16. The van der Waals surface area contributed by atoms with Gasteiger partial charge in [0.05, 0.1) is 6.54 Å². The Balaban J connectivity index is 0.00000176. The van der Waals surface area contributed by atoms with Crippen LogP contribution in [0.3, 0.4) is 0 Å². The van der Waals surface area contributed by atoms with Crippen LogP contribution in [0.1, 0.15) is 49.2 Å². The number of hydrogen-bond acceptors (Lipinski definition) is 3. The van der Waals surface area contributed by atoms with E-state index in [1.54, 1.807) is 11.3 Å². The molecule has 1 aliphatic carbocycles. The molecule has 1 aromatic heterocycles. The van der Waals surface area contributed by atoms with Crippen molar-refractivity contribution < 1.29 is 0 Å². The maximum absolute atomic E-state index is 4.51. The molecule has 0 radical (unpaired) electrons. The molecule has 0 aromatic carbocycles. The van der Waals surface area contributed by atoms with Crippen LogP contribution in [0.4, 0.5) is 0 Å². The van der Waals surface area contributed by atoms with E-state index >= 15 is 0 Å². The quantitative estimate of drug-likeness (QED) is 0.437. The lowest BCUT2D eigenvalue weighted by Crippen LogP contribution is -2.41. The van der Waals surface area contributed by atoms with Crippen LogP contribution in [0.5, 0.6) is 0 Å². The van der Waals surface area contributed by atoms with E-state index in [2.05, 4.69) is 25.6 Å². The first-order valence-corrected chi connectivity index (χ1v) is 8.95. The fourth-order valence-electron chi connectivity index (χ4n) is 3.80. The Bertz CT molecular complexity index is 508. The summed E-state index contributed by atoms with van der Waals surface area (Å²) in [7, 11) is 1.89. The Hall–Kier alpha value is -0.370. The van der Waals surface area contributed by atoms with Crippen molar-refractivity contribution in [1.29, 1.82) is 0 Å². The van der Waals surface area contributed by atoms with Crippen molar-refractivity contribution in [2.75, 3.05) is 20.1 Å². The molecule has 1 saturated heterocycles. The van der Waals surface area contributed by atoms with E-state index < -0.39 is 0 Å². The number of guanidine groups is 1. The number of rotatable bonds is 2. The molecule has 124 valence electrons. The van der Waals surface area contributed by atoms with Crippen molar-refractivity contribution in [3.05, 3.63) is 16.1 Å². The largest absolute Gasteiger partial charge is 0.350 e. The molecular formula is C16H27IN4S. The highest BCUT2D eigenvalue weighted by atomic mass is 127. The number of aliphatic imine (C=N–C) groups is 1. The van der Waals surface area contributed by atoms with E-state index in [1.165, 1.54) is 45.1 Å². The summed E-state index contributed by atoms with van der Waals surface area (Å²) < 4.78 is 0. The molecule has 1 N–H and O–H groups in total. The summed E-state index contributed by atoms with van der Waals surface area (Å²) in [5.74, 6) is 1.05. The molecular weight excluding hydrogens is 407 g/mol. The Morgan fingerprint density at radius 3 is 2.77 bits per heavy atom. The normalized spacial score (nSPS) is 21.0. The van der Waals surface area contributed by atoms with E-state index in [0.29, 0.717) is 5.41 Å². The maximum Gasteiger partial charge on any atom is 0.194 e. The number of halogens is 1. The summed E-state index contributed by atoms with van der Waals surface area (Å²) in [5, 5.41) is 6.73. The van der Waals surface area contributed by atoms with Gasteiger partial charge in [-0.3, -0.25) is 4.99 Å². The average molecular weight is 434 g/mol. The van der Waals surface area contributed by atoms with Crippen molar-refractivity contribution >= 4 is 41.3 Å². The van der Waals surface area contributed by atoms with Gasteiger partial charge in [-0.2, -0.15) is 0 Å². The van der Waals surface area contributed by atoms with Gasteiger partial charge in [0.25, 0.3) is 0 Å². The number of aromatic nitrogens is 1. The number of thiazole rings is 1. The van der Waals surface area contributed by atoms with Crippen molar-refractivity contribution in [3.8, 4) is 0 Å². The monoisotopic (exact) mass is 434 g/mol. The number of likely N-dealkylation sites (tertiary alicyclic amines) is 1. The van der Waals surface area contributed by atoms with Gasteiger partial charge in [-0.25, -0.2) is 4.98 Å². The van der Waals surface area contributed by atoms with Crippen molar-refractivity contribution in [1.82, 2.24) is 15.2 Å². The lowest BCUT2D eigenvalue weighted by molar-refractivity contribution is 0.203. The minimum Gasteiger partial charge on any atom is -0.350 e. The molecule has 2 fully saturated rings. The molecule has 2 heterocycles. The minimum atomic E-state index is 0. The maximum atomic E-state index is 4.51. The minimum absolute atomic E-state index is 0. The van der Waals surface area contributed by atoms with E-state index in [1.807, 2.05) is 14.0 Å². The third-order valence-corrected chi connectivity index (χ3v) is 5.89. The molecule has 3 rings (SSSR count). The molecule has 22 heavy (non-hydrogen) atoms. The van der Waals surface area contributed by atoms with Crippen LogP contribution in [0.15, 0.2) is 10.4 Å². The lowest BCUT2D eigenvalue weighted by Gasteiger charge is -2.33. The number of hydrogen-bond donors (Lipinski definition) is 1. The molecule has 0 bridgehead atoms. The highest BCUT2D eigenvalue weighted by molar-refractivity contribution is 14.0. The van der Waals surface area contributed by atoms with Crippen LogP contribution >= 0.6 is 35.3 Å². The summed E-state index contributed by atoms with van der Waals surface area (Å²) in [6.07, 6.45) is 8.41. The first-order chi connectivity index (χ1) is 10.2. The van der Waals surface area contributed by atoms with Crippen LogP contribution < -0.4 is 5.32 Å². The van der Waals surface area contributed by atoms with Gasteiger partial charge in [0.2, 0.25) is 0 Å². The third kappa shape index (κ3) is 4.13. The Morgan fingerprint density at radius 1 is 1.36 bits per heavy atom. The van der Waals surface area contributed by atoms with Crippen LogP contribution in [-0.2, 0) is 6.54 Å². The molecule has 1 spiro atoms. The Labute approximate surface area is 154 Å². The van der Waals surface area contributed by atoms with E-state index in [4.69, 9.17) is 0 Å². The van der Waals surface area contributed by atoms with Gasteiger partial charge >= 0.3 is 0 Å². The first kappa shape index (κ1) is 18.0. The van der Waals surface area contributed by atoms with Gasteiger partial charge in [-0.15, -0.1) is 35.3 Å². The van der Waals surface area contributed by atoms with Crippen molar-refractivity contribution in [2.45, 2.75) is 52.0 Å². The zero-order chi connectivity index (χ0) is 14.7. The molecule has 1 saturated carbocycles. The second-order valence-corrected chi connectivity index (χ2v) is 7.46. The van der Waals surface area contributed by atoms with Gasteiger partial charge < -0.3 is 10.2 Å². The molecule has 1 aromatic rings. The molecule has 0 unspecified atom stereocenters. The summed E-state index contributed by atoms with van der Waals surface area (Å²) in [6, 6.07) is 0. The van der Waals surface area contributed by atoms with E-state index in [-0.39, 0.29) is 24.0 Å². The molecule has 6 heteroatoms. The highest BCUT2D eigenvalue weighted by Gasteiger charge is 2.39. The zero-order valence-electron chi connectivity index (χ0n) is 13.6. The molecule has 0 atom stereocenters. The second kappa shape index (κ2) is 7.95. The van der Waals surface area contributed by atoms with Crippen LogP contribution in [0, 0.1) is 12.3 Å². The van der Waals surface area contributed by atoms with Crippen LogP contribution in [0.25, 0.3) is 0 Å². The molecule has 0 amide bonds. The molecule has 2 aliphatic rings. The predicted octanol–water partition coefficient (Wildman–Crippen LogP) is 3.80. The van der Waals surface area contributed by atoms with Gasteiger partial charge in [0.1, 0.15) is 5.01 Å². The zero-order valence-corrected chi connectivity index (χ0v) is 16.7. The predicted molar refractivity (Wildman–Crippen MR) is 104 cm³/mol. The Morgan fingerprint density at radius 2 is 2.14 bits per heavy atom. The number of nitrogens with zero attached hydrogens (tertiary/aromatic N) is 3. The summed E-state index contributed by atoms with van der Waals surface area (Å²) in [4.78, 5) is 11.4. The SMILES string of the molecule is CN=C(NCc1nc(C)cs1)N1CCC2(CCCCC2)C1.I. The van der Waals surface area contributed by atoms with Crippen molar-refractivity contribution in [3.63, 3.8) is 0 Å². The highest BCUT2D eigenvalue weighted by Crippen LogP contribution is 2.43. The lowest BCUT2D eigenvalue weighted by atomic mass is 9.73. The average Bonchev–Trinajstić information content (AvgIpc) is 3.08. The van der Waals surface area contributed by atoms with Gasteiger partial charge in [0.15, 0.2) is 5.96 Å². The Kier molecular flexibility index (Phi) is 6.49. The molecule has 1 aliphatic heterocycles.